The molecular weight excluding hydrogens is 262 g/mol. The molecule has 0 aliphatic carbocycles. The number of hydrogen-bond donors (Lipinski definition) is 0. The molecule has 1 aromatic rings. The van der Waals surface area contributed by atoms with Gasteiger partial charge in [0.1, 0.15) is 0 Å². The van der Waals surface area contributed by atoms with E-state index in [4.69, 9.17) is 0 Å². The van der Waals surface area contributed by atoms with E-state index in [1.807, 2.05) is 38.1 Å². The summed E-state index contributed by atoms with van der Waals surface area (Å²) >= 11 is 0. The molecule has 104 valence electrons. The number of carbonyl (C=O) groups is 1. The Bertz CT molecular complexity index is 580. The largest absolute Gasteiger partial charge is 0.312 e. The zero-order valence-corrected chi connectivity index (χ0v) is 12.1. The van der Waals surface area contributed by atoms with Gasteiger partial charge in [0.05, 0.1) is 17.4 Å². The van der Waals surface area contributed by atoms with E-state index in [1.54, 1.807) is 4.90 Å². The van der Waals surface area contributed by atoms with Gasteiger partial charge in [-0.15, -0.1) is 0 Å². The fourth-order valence-electron chi connectivity index (χ4n) is 2.52. The molecule has 1 unspecified atom stereocenters. The molecule has 4 nitrogen and oxygen atoms in total. The van der Waals surface area contributed by atoms with E-state index >= 15 is 0 Å². The van der Waals surface area contributed by atoms with Gasteiger partial charge < -0.3 is 4.90 Å². The van der Waals surface area contributed by atoms with Crippen molar-refractivity contribution in [2.24, 2.45) is 5.92 Å². The van der Waals surface area contributed by atoms with E-state index < -0.39 is 9.84 Å². The lowest BCUT2D eigenvalue weighted by Gasteiger charge is -2.25. The number of nitrogens with zero attached hydrogens (tertiary/aromatic N) is 1. The zero-order valence-electron chi connectivity index (χ0n) is 11.3. The Morgan fingerprint density at radius 1 is 1.37 bits per heavy atom. The summed E-state index contributed by atoms with van der Waals surface area (Å²) in [4.78, 5) is 14.2. The van der Waals surface area contributed by atoms with Crippen molar-refractivity contribution < 1.29 is 13.2 Å². The minimum absolute atomic E-state index is 0.00574. The highest BCUT2D eigenvalue weighted by atomic mass is 32.2. The molecule has 0 spiro atoms. The lowest BCUT2D eigenvalue weighted by molar-refractivity contribution is -0.121. The van der Waals surface area contributed by atoms with Crippen LogP contribution in [0.3, 0.4) is 0 Å². The third-order valence-corrected chi connectivity index (χ3v) is 5.34. The predicted octanol–water partition coefficient (Wildman–Crippen LogP) is 1.78. The van der Waals surface area contributed by atoms with E-state index in [0.717, 1.165) is 11.3 Å². The molecule has 0 bridgehead atoms. The van der Waals surface area contributed by atoms with Crippen LogP contribution in [0.4, 0.5) is 5.69 Å². The predicted molar refractivity (Wildman–Crippen MR) is 76.0 cm³/mol. The fraction of sp³-hybridized carbons (Fsp3) is 0.500. The molecule has 1 aliphatic rings. The van der Waals surface area contributed by atoms with Crippen LogP contribution >= 0.6 is 0 Å². The van der Waals surface area contributed by atoms with Crippen molar-refractivity contribution in [3.05, 3.63) is 29.8 Å². The molecule has 1 atom stereocenters. The van der Waals surface area contributed by atoms with Gasteiger partial charge in [-0.3, -0.25) is 4.79 Å². The molecule has 0 saturated carbocycles. The Morgan fingerprint density at radius 2 is 2.05 bits per heavy atom. The number of hydrogen-bond acceptors (Lipinski definition) is 3. The summed E-state index contributed by atoms with van der Waals surface area (Å²) in [6.07, 6.45) is 0.448. The van der Waals surface area contributed by atoms with Crippen LogP contribution in [0.25, 0.3) is 0 Å². The maximum absolute atomic E-state index is 12.5. The molecule has 5 heteroatoms. The van der Waals surface area contributed by atoms with Crippen molar-refractivity contribution in [3.8, 4) is 0 Å². The lowest BCUT2D eigenvalue weighted by Crippen LogP contribution is -2.37. The molecular formula is C14H19NO3S. The maximum Gasteiger partial charge on any atom is 0.231 e. The molecule has 19 heavy (non-hydrogen) atoms. The molecule has 1 heterocycles. The van der Waals surface area contributed by atoms with Crippen LogP contribution in [0.1, 0.15) is 18.9 Å². The normalized spacial score (nSPS) is 21.3. The number of rotatable bonds is 3. The zero-order chi connectivity index (χ0) is 14.0. The van der Waals surface area contributed by atoms with Gasteiger partial charge in [0.25, 0.3) is 0 Å². The highest BCUT2D eigenvalue weighted by molar-refractivity contribution is 7.91. The molecule has 1 aromatic carbocycles. The molecule has 1 aliphatic heterocycles. The average Bonchev–Trinajstić information content (AvgIpc) is 2.73. The Balaban J connectivity index is 2.24. The van der Waals surface area contributed by atoms with Gasteiger partial charge in [-0.2, -0.15) is 0 Å². The average molecular weight is 281 g/mol. The molecule has 0 radical (unpaired) electrons. The summed E-state index contributed by atoms with van der Waals surface area (Å²) < 4.78 is 23.0. The summed E-state index contributed by atoms with van der Waals surface area (Å²) in [5, 5.41) is 0. The first-order valence-electron chi connectivity index (χ1n) is 6.52. The molecule has 1 saturated heterocycles. The second-order valence-corrected chi connectivity index (χ2v) is 7.20. The summed E-state index contributed by atoms with van der Waals surface area (Å²) in [5.41, 5.74) is 1.90. The number of amides is 1. The fourth-order valence-corrected chi connectivity index (χ4v) is 4.25. The van der Waals surface area contributed by atoms with Crippen LogP contribution < -0.4 is 4.90 Å². The van der Waals surface area contributed by atoms with Crippen molar-refractivity contribution in [3.63, 3.8) is 0 Å². The van der Waals surface area contributed by atoms with Crippen molar-refractivity contribution in [1.82, 2.24) is 0 Å². The Morgan fingerprint density at radius 3 is 2.58 bits per heavy atom. The third kappa shape index (κ3) is 2.97. The van der Waals surface area contributed by atoms with Crippen molar-refractivity contribution in [2.75, 3.05) is 23.0 Å². The van der Waals surface area contributed by atoms with Gasteiger partial charge in [-0.1, -0.05) is 18.2 Å². The molecule has 0 N–H and O–H groups in total. The highest BCUT2D eigenvalue weighted by Gasteiger charge is 2.35. The minimum atomic E-state index is -3.02. The van der Waals surface area contributed by atoms with Gasteiger partial charge in [-0.05, 0) is 31.9 Å². The van der Waals surface area contributed by atoms with E-state index in [9.17, 15) is 13.2 Å². The van der Waals surface area contributed by atoms with E-state index in [1.165, 1.54) is 0 Å². The lowest BCUT2D eigenvalue weighted by atomic mass is 10.1. The monoisotopic (exact) mass is 281 g/mol. The van der Waals surface area contributed by atoms with Crippen LogP contribution in [0.2, 0.25) is 0 Å². The first kappa shape index (κ1) is 14.1. The topological polar surface area (TPSA) is 54.5 Å². The molecule has 1 fully saturated rings. The number of benzene rings is 1. The summed E-state index contributed by atoms with van der Waals surface area (Å²) in [6.45, 7) is 4.42. The van der Waals surface area contributed by atoms with Crippen LogP contribution in [0.15, 0.2) is 24.3 Å². The maximum atomic E-state index is 12.5. The minimum Gasteiger partial charge on any atom is -0.312 e. The summed E-state index contributed by atoms with van der Waals surface area (Å²) in [6, 6.07) is 7.68. The van der Waals surface area contributed by atoms with E-state index in [2.05, 4.69) is 0 Å². The standard InChI is InChI=1S/C14H19NO3S/c1-3-15(13-7-5-4-6-11(13)2)14(16)12-8-9-19(17,18)10-12/h4-7,12H,3,8-10H2,1-2H3. The smallest absolute Gasteiger partial charge is 0.231 e. The first-order chi connectivity index (χ1) is 8.94. The molecule has 2 rings (SSSR count). The number of carbonyl (C=O) groups excluding carboxylic acids is 1. The van der Waals surface area contributed by atoms with Gasteiger partial charge in [0.15, 0.2) is 9.84 Å². The quantitative estimate of drug-likeness (QED) is 0.848. The molecule has 1 amide bonds. The van der Waals surface area contributed by atoms with Gasteiger partial charge in [-0.25, -0.2) is 8.42 Å². The second-order valence-electron chi connectivity index (χ2n) is 4.97. The van der Waals surface area contributed by atoms with Gasteiger partial charge in [0.2, 0.25) is 5.91 Å². The Kier molecular flexibility index (Phi) is 3.94. The number of sulfone groups is 1. The number of aryl methyl sites for hydroxylation is 1. The number of anilines is 1. The van der Waals surface area contributed by atoms with Crippen molar-refractivity contribution in [2.45, 2.75) is 20.3 Å². The Labute approximate surface area is 114 Å². The highest BCUT2D eigenvalue weighted by Crippen LogP contribution is 2.26. The van der Waals surface area contributed by atoms with Crippen LogP contribution in [0.5, 0.6) is 0 Å². The van der Waals surface area contributed by atoms with Crippen LogP contribution in [-0.2, 0) is 14.6 Å². The number of para-hydroxylation sites is 1. The van der Waals surface area contributed by atoms with E-state index in [-0.39, 0.29) is 23.3 Å². The van der Waals surface area contributed by atoms with Crippen molar-refractivity contribution >= 4 is 21.4 Å². The van der Waals surface area contributed by atoms with Gasteiger partial charge >= 0.3 is 0 Å². The van der Waals surface area contributed by atoms with Crippen LogP contribution in [0, 0.1) is 12.8 Å². The summed E-state index contributed by atoms with van der Waals surface area (Å²) in [7, 11) is -3.02. The van der Waals surface area contributed by atoms with Gasteiger partial charge in [0, 0.05) is 12.2 Å². The van der Waals surface area contributed by atoms with Crippen LogP contribution in [-0.4, -0.2) is 32.4 Å². The molecule has 0 aromatic heterocycles. The van der Waals surface area contributed by atoms with E-state index in [0.29, 0.717) is 13.0 Å². The second kappa shape index (κ2) is 5.33. The Hall–Kier alpha value is -1.36. The first-order valence-corrected chi connectivity index (χ1v) is 8.34. The summed E-state index contributed by atoms with van der Waals surface area (Å²) in [5.74, 6) is -0.328. The van der Waals surface area contributed by atoms with Crippen molar-refractivity contribution in [1.29, 1.82) is 0 Å². The SMILES string of the molecule is CCN(C(=O)C1CCS(=O)(=O)C1)c1ccccc1C. The third-order valence-electron chi connectivity index (χ3n) is 3.57.